The molecule has 0 saturated carbocycles. The molecule has 1 amide bonds. The second kappa shape index (κ2) is 3.47. The van der Waals surface area contributed by atoms with Gasteiger partial charge in [0.1, 0.15) is 6.54 Å². The highest BCUT2D eigenvalue weighted by molar-refractivity contribution is 6.05. The van der Waals surface area contributed by atoms with Gasteiger partial charge in [-0.15, -0.1) is 0 Å². The van der Waals surface area contributed by atoms with Gasteiger partial charge in [-0.05, 0) is 5.92 Å². The second-order valence-electron chi connectivity index (χ2n) is 3.18. The molecule has 1 aliphatic heterocycles. The number of hydrogen-bond acceptors (Lipinski definition) is 3. The molecule has 66 valence electrons. The highest BCUT2D eigenvalue weighted by Gasteiger charge is 2.26. The van der Waals surface area contributed by atoms with Crippen molar-refractivity contribution in [3.05, 3.63) is 0 Å². The summed E-state index contributed by atoms with van der Waals surface area (Å²) in [6.45, 7) is 4.07. The standard InChI is InChI=1S/C8H12N2O2/c1-6(2)4-9-10-5-7(11)3-8(10)12/h4,6H,3,5H2,1-2H3/b9-4+. The maximum Gasteiger partial charge on any atom is 0.250 e. The summed E-state index contributed by atoms with van der Waals surface area (Å²) in [6, 6.07) is 0. The Morgan fingerprint density at radius 1 is 1.50 bits per heavy atom. The zero-order chi connectivity index (χ0) is 9.14. The lowest BCUT2D eigenvalue weighted by molar-refractivity contribution is -0.127. The van der Waals surface area contributed by atoms with Gasteiger partial charge in [-0.1, -0.05) is 13.8 Å². The van der Waals surface area contributed by atoms with Crippen LogP contribution in [0.2, 0.25) is 0 Å². The van der Waals surface area contributed by atoms with Gasteiger partial charge < -0.3 is 0 Å². The number of carbonyl (C=O) groups excluding carboxylic acids is 2. The highest BCUT2D eigenvalue weighted by Crippen LogP contribution is 2.06. The topological polar surface area (TPSA) is 49.7 Å². The summed E-state index contributed by atoms with van der Waals surface area (Å²) in [7, 11) is 0. The normalized spacial score (nSPS) is 18.8. The molecule has 0 N–H and O–H groups in total. The van der Waals surface area contributed by atoms with E-state index in [0.29, 0.717) is 5.92 Å². The molecule has 12 heavy (non-hydrogen) atoms. The number of hydrogen-bond donors (Lipinski definition) is 0. The fourth-order valence-electron chi connectivity index (χ4n) is 0.890. The van der Waals surface area contributed by atoms with Crippen molar-refractivity contribution in [1.29, 1.82) is 0 Å². The van der Waals surface area contributed by atoms with Crippen LogP contribution in [0.1, 0.15) is 20.3 Å². The Morgan fingerprint density at radius 2 is 2.17 bits per heavy atom. The minimum atomic E-state index is -0.197. The van der Waals surface area contributed by atoms with E-state index in [-0.39, 0.29) is 24.7 Å². The molecule has 1 saturated heterocycles. The number of hydrazone groups is 1. The molecule has 0 unspecified atom stereocenters. The van der Waals surface area contributed by atoms with Crippen LogP contribution in [0.15, 0.2) is 5.10 Å². The van der Waals surface area contributed by atoms with Crippen LogP contribution in [0.25, 0.3) is 0 Å². The van der Waals surface area contributed by atoms with Crippen LogP contribution in [-0.2, 0) is 9.59 Å². The molecule has 1 heterocycles. The maximum atomic E-state index is 11.0. The van der Waals surface area contributed by atoms with Crippen molar-refractivity contribution in [3.63, 3.8) is 0 Å². The van der Waals surface area contributed by atoms with E-state index < -0.39 is 0 Å². The zero-order valence-electron chi connectivity index (χ0n) is 7.28. The third kappa shape index (κ3) is 2.15. The Kier molecular flexibility index (Phi) is 2.58. The molecule has 1 rings (SSSR count). The average Bonchev–Trinajstić information content (AvgIpc) is 2.26. The van der Waals surface area contributed by atoms with Crippen LogP contribution in [-0.4, -0.2) is 29.5 Å². The molecule has 4 heteroatoms. The Labute approximate surface area is 71.2 Å². The van der Waals surface area contributed by atoms with Gasteiger partial charge in [-0.2, -0.15) is 5.10 Å². The number of ketones is 1. The Bertz CT molecular complexity index is 233. The number of carbonyl (C=O) groups is 2. The number of nitrogens with zero attached hydrogens (tertiary/aromatic N) is 2. The van der Waals surface area contributed by atoms with Crippen molar-refractivity contribution in [3.8, 4) is 0 Å². The number of rotatable bonds is 2. The Balaban J connectivity index is 2.54. The molecule has 1 fully saturated rings. The zero-order valence-corrected chi connectivity index (χ0v) is 7.28. The van der Waals surface area contributed by atoms with E-state index in [1.54, 1.807) is 6.21 Å². The van der Waals surface area contributed by atoms with Gasteiger partial charge >= 0.3 is 0 Å². The van der Waals surface area contributed by atoms with Gasteiger partial charge in [0.25, 0.3) is 5.91 Å². The SMILES string of the molecule is CC(C)/C=N/N1CC(=O)CC1=O. The van der Waals surface area contributed by atoms with Crippen LogP contribution >= 0.6 is 0 Å². The van der Waals surface area contributed by atoms with Gasteiger partial charge in [0.2, 0.25) is 0 Å². The highest BCUT2D eigenvalue weighted by atomic mass is 16.2. The first-order valence-electron chi connectivity index (χ1n) is 3.95. The van der Waals surface area contributed by atoms with Gasteiger partial charge in [-0.25, -0.2) is 5.01 Å². The number of Topliss-reactive ketones (excluding diaryl/α,β-unsaturated/α-hetero) is 1. The summed E-state index contributed by atoms with van der Waals surface area (Å²) >= 11 is 0. The van der Waals surface area contributed by atoms with Gasteiger partial charge in [0.15, 0.2) is 5.78 Å². The molecule has 0 radical (unpaired) electrons. The van der Waals surface area contributed by atoms with Crippen LogP contribution in [0, 0.1) is 5.92 Å². The fourth-order valence-corrected chi connectivity index (χ4v) is 0.890. The largest absolute Gasteiger partial charge is 0.297 e. The molecule has 0 aromatic carbocycles. The molecule has 1 aliphatic rings. The summed E-state index contributed by atoms with van der Waals surface area (Å²) in [5.74, 6) is 0.0475. The van der Waals surface area contributed by atoms with E-state index in [2.05, 4.69) is 5.10 Å². The molecule has 0 aliphatic carbocycles. The summed E-state index contributed by atoms with van der Waals surface area (Å²) < 4.78 is 0. The smallest absolute Gasteiger partial charge is 0.250 e. The van der Waals surface area contributed by atoms with E-state index in [4.69, 9.17) is 0 Å². The molecule has 0 spiro atoms. The average molecular weight is 168 g/mol. The van der Waals surface area contributed by atoms with E-state index in [9.17, 15) is 9.59 Å². The first kappa shape index (κ1) is 8.90. The van der Waals surface area contributed by atoms with Crippen LogP contribution < -0.4 is 0 Å². The van der Waals surface area contributed by atoms with E-state index >= 15 is 0 Å². The monoisotopic (exact) mass is 168 g/mol. The first-order valence-corrected chi connectivity index (χ1v) is 3.95. The minimum Gasteiger partial charge on any atom is -0.297 e. The van der Waals surface area contributed by atoms with Gasteiger partial charge in [-0.3, -0.25) is 9.59 Å². The van der Waals surface area contributed by atoms with Crippen molar-refractivity contribution in [2.75, 3.05) is 6.54 Å². The van der Waals surface area contributed by atoms with Crippen LogP contribution in [0.4, 0.5) is 0 Å². The molecular weight excluding hydrogens is 156 g/mol. The van der Waals surface area contributed by atoms with E-state index in [0.717, 1.165) is 0 Å². The third-order valence-electron chi connectivity index (χ3n) is 1.47. The quantitative estimate of drug-likeness (QED) is 0.443. The molecule has 0 aromatic rings. The van der Waals surface area contributed by atoms with Gasteiger partial charge in [0.05, 0.1) is 6.42 Å². The van der Waals surface area contributed by atoms with Crippen molar-refractivity contribution >= 4 is 17.9 Å². The van der Waals surface area contributed by atoms with Gasteiger partial charge in [0, 0.05) is 6.21 Å². The summed E-state index contributed by atoms with van der Waals surface area (Å²) in [5, 5.41) is 5.12. The predicted octanol–water partition coefficient (Wildman–Crippen LogP) is 0.430. The third-order valence-corrected chi connectivity index (χ3v) is 1.47. The molecule has 0 atom stereocenters. The maximum absolute atomic E-state index is 11.0. The predicted molar refractivity (Wildman–Crippen MR) is 44.7 cm³/mol. The molecule has 0 bridgehead atoms. The first-order chi connectivity index (χ1) is 5.59. The fraction of sp³-hybridized carbons (Fsp3) is 0.625. The van der Waals surface area contributed by atoms with E-state index in [1.165, 1.54) is 5.01 Å². The van der Waals surface area contributed by atoms with Crippen LogP contribution in [0.5, 0.6) is 0 Å². The second-order valence-corrected chi connectivity index (χ2v) is 3.18. The van der Waals surface area contributed by atoms with Crippen molar-refractivity contribution in [2.45, 2.75) is 20.3 Å². The molecular formula is C8H12N2O2. The lowest BCUT2D eigenvalue weighted by Crippen LogP contribution is -2.19. The van der Waals surface area contributed by atoms with Crippen molar-refractivity contribution in [1.82, 2.24) is 5.01 Å². The van der Waals surface area contributed by atoms with Crippen molar-refractivity contribution in [2.24, 2.45) is 11.0 Å². The lowest BCUT2D eigenvalue weighted by Gasteiger charge is -2.06. The van der Waals surface area contributed by atoms with E-state index in [1.807, 2.05) is 13.8 Å². The molecule has 0 aromatic heterocycles. The summed E-state index contributed by atoms with van der Waals surface area (Å²) in [6.07, 6.45) is 1.67. The van der Waals surface area contributed by atoms with Crippen LogP contribution in [0.3, 0.4) is 0 Å². The lowest BCUT2D eigenvalue weighted by atomic mass is 10.3. The number of amides is 1. The summed E-state index contributed by atoms with van der Waals surface area (Å²) in [4.78, 5) is 21.8. The Hall–Kier alpha value is -1.19. The summed E-state index contributed by atoms with van der Waals surface area (Å²) in [5.41, 5.74) is 0. The molecule has 4 nitrogen and oxygen atoms in total. The Morgan fingerprint density at radius 3 is 2.58 bits per heavy atom. The van der Waals surface area contributed by atoms with Crippen molar-refractivity contribution < 1.29 is 9.59 Å². The minimum absolute atomic E-state index is 0.00936.